The Hall–Kier alpha value is -1.81. The van der Waals surface area contributed by atoms with E-state index in [1.54, 1.807) is 24.4 Å². The molecule has 0 radical (unpaired) electrons. The van der Waals surface area contributed by atoms with Crippen LogP contribution in [0.1, 0.15) is 5.56 Å². The van der Waals surface area contributed by atoms with Gasteiger partial charge in [-0.2, -0.15) is 0 Å². The summed E-state index contributed by atoms with van der Waals surface area (Å²) < 4.78 is 0. The lowest BCUT2D eigenvalue weighted by molar-refractivity contribution is 0.318. The summed E-state index contributed by atoms with van der Waals surface area (Å²) in [5.74, 6) is 0.0235. The lowest BCUT2D eigenvalue weighted by atomic mass is 10.1. The van der Waals surface area contributed by atoms with Crippen LogP contribution in [0.2, 0.25) is 5.02 Å². The third kappa shape index (κ3) is 1.59. The van der Waals surface area contributed by atoms with Gasteiger partial charge in [0.2, 0.25) is 0 Å². The van der Waals surface area contributed by atoms with Gasteiger partial charge in [-0.1, -0.05) is 16.8 Å². The van der Waals surface area contributed by atoms with Crippen LogP contribution in [-0.2, 0) is 0 Å². The van der Waals surface area contributed by atoms with Crippen LogP contribution in [0.4, 0.5) is 0 Å². The van der Waals surface area contributed by atoms with Gasteiger partial charge >= 0.3 is 0 Å². The molecule has 3 N–H and O–H groups in total. The van der Waals surface area contributed by atoms with E-state index in [4.69, 9.17) is 22.5 Å². The van der Waals surface area contributed by atoms with E-state index >= 15 is 0 Å². The molecule has 1 heterocycles. The molecular formula is C10H8ClN3O. The Morgan fingerprint density at radius 2 is 2.20 bits per heavy atom. The fourth-order valence-electron chi connectivity index (χ4n) is 1.40. The summed E-state index contributed by atoms with van der Waals surface area (Å²) >= 11 is 5.99. The van der Waals surface area contributed by atoms with Crippen LogP contribution in [0.25, 0.3) is 10.9 Å². The molecule has 1 aromatic heterocycles. The number of benzene rings is 1. The van der Waals surface area contributed by atoms with Crippen LogP contribution in [0.5, 0.6) is 0 Å². The third-order valence-electron chi connectivity index (χ3n) is 2.10. The lowest BCUT2D eigenvalue weighted by Gasteiger charge is -2.04. The number of pyridine rings is 1. The van der Waals surface area contributed by atoms with Gasteiger partial charge < -0.3 is 10.9 Å². The second-order valence-electron chi connectivity index (χ2n) is 2.98. The number of nitrogens with zero attached hydrogens (tertiary/aromatic N) is 2. The number of fused-ring (bicyclic) bond motifs is 1. The number of hydrogen-bond donors (Lipinski definition) is 2. The largest absolute Gasteiger partial charge is 0.409 e. The quantitative estimate of drug-likeness (QED) is 0.335. The van der Waals surface area contributed by atoms with Crippen molar-refractivity contribution in [2.45, 2.75) is 0 Å². The Labute approximate surface area is 91.0 Å². The number of amidine groups is 1. The standard InChI is InChI=1S/C10H8ClN3O/c11-8-4-3-7(10(12)14-15)9-6(8)2-1-5-13-9/h1-5,15H,(H2,12,14). The van der Waals surface area contributed by atoms with Crippen molar-refractivity contribution >= 4 is 28.3 Å². The molecule has 2 aromatic rings. The first kappa shape index (κ1) is 9.73. The van der Waals surface area contributed by atoms with Crippen molar-refractivity contribution < 1.29 is 5.21 Å². The zero-order chi connectivity index (χ0) is 10.8. The lowest BCUT2D eigenvalue weighted by Crippen LogP contribution is -2.13. The normalized spacial score (nSPS) is 11.9. The van der Waals surface area contributed by atoms with Gasteiger partial charge in [0.25, 0.3) is 0 Å². The molecule has 0 fully saturated rings. The van der Waals surface area contributed by atoms with E-state index < -0.39 is 0 Å². The Bertz CT molecular complexity index is 539. The molecule has 0 atom stereocenters. The predicted molar refractivity (Wildman–Crippen MR) is 59.3 cm³/mol. The summed E-state index contributed by atoms with van der Waals surface area (Å²) in [4.78, 5) is 4.15. The minimum absolute atomic E-state index is 0.0235. The van der Waals surface area contributed by atoms with Crippen molar-refractivity contribution in [3.05, 3.63) is 41.0 Å². The summed E-state index contributed by atoms with van der Waals surface area (Å²) in [6.07, 6.45) is 1.63. The molecule has 0 spiro atoms. The van der Waals surface area contributed by atoms with Crippen molar-refractivity contribution in [3.8, 4) is 0 Å². The van der Waals surface area contributed by atoms with Crippen molar-refractivity contribution in [1.29, 1.82) is 0 Å². The van der Waals surface area contributed by atoms with E-state index in [0.717, 1.165) is 5.39 Å². The maximum Gasteiger partial charge on any atom is 0.172 e. The zero-order valence-corrected chi connectivity index (χ0v) is 8.44. The molecule has 0 aliphatic heterocycles. The maximum atomic E-state index is 8.62. The average molecular weight is 222 g/mol. The first-order chi connectivity index (χ1) is 7.24. The highest BCUT2D eigenvalue weighted by molar-refractivity contribution is 6.36. The molecule has 4 nitrogen and oxygen atoms in total. The Morgan fingerprint density at radius 1 is 1.40 bits per heavy atom. The molecule has 5 heteroatoms. The Morgan fingerprint density at radius 3 is 2.93 bits per heavy atom. The Kier molecular flexibility index (Phi) is 2.43. The van der Waals surface area contributed by atoms with Crippen LogP contribution < -0.4 is 5.73 Å². The topological polar surface area (TPSA) is 71.5 Å². The van der Waals surface area contributed by atoms with Crippen LogP contribution in [0.3, 0.4) is 0 Å². The zero-order valence-electron chi connectivity index (χ0n) is 7.68. The number of oxime groups is 1. The van der Waals surface area contributed by atoms with Crippen LogP contribution >= 0.6 is 11.6 Å². The minimum atomic E-state index is 0.0235. The highest BCUT2D eigenvalue weighted by Gasteiger charge is 2.08. The van der Waals surface area contributed by atoms with E-state index in [1.807, 2.05) is 6.07 Å². The van der Waals surface area contributed by atoms with Gasteiger partial charge in [-0.05, 0) is 24.3 Å². The molecule has 0 amide bonds. The molecule has 76 valence electrons. The van der Waals surface area contributed by atoms with E-state index in [0.29, 0.717) is 16.1 Å². The van der Waals surface area contributed by atoms with Crippen LogP contribution in [-0.4, -0.2) is 16.0 Å². The highest BCUT2D eigenvalue weighted by atomic mass is 35.5. The monoisotopic (exact) mass is 221 g/mol. The van der Waals surface area contributed by atoms with Gasteiger partial charge in [0.05, 0.1) is 10.5 Å². The van der Waals surface area contributed by atoms with Gasteiger partial charge in [0.15, 0.2) is 5.84 Å². The molecule has 15 heavy (non-hydrogen) atoms. The first-order valence-corrected chi connectivity index (χ1v) is 4.63. The molecule has 1 aromatic carbocycles. The summed E-state index contributed by atoms with van der Waals surface area (Å²) in [7, 11) is 0. The van der Waals surface area contributed by atoms with Crippen LogP contribution in [0, 0.1) is 0 Å². The SMILES string of the molecule is N/C(=N/O)c1ccc(Cl)c2cccnc12. The fraction of sp³-hybridized carbons (Fsp3) is 0. The first-order valence-electron chi connectivity index (χ1n) is 4.25. The molecule has 0 aliphatic carbocycles. The van der Waals surface area contributed by atoms with E-state index in [2.05, 4.69) is 10.1 Å². The number of rotatable bonds is 1. The van der Waals surface area contributed by atoms with Crippen LogP contribution in [0.15, 0.2) is 35.6 Å². The van der Waals surface area contributed by atoms with Gasteiger partial charge in [-0.25, -0.2) is 0 Å². The molecule has 2 rings (SSSR count). The highest BCUT2D eigenvalue weighted by Crippen LogP contribution is 2.24. The molecule has 0 unspecified atom stereocenters. The number of aromatic nitrogens is 1. The van der Waals surface area contributed by atoms with E-state index in [1.165, 1.54) is 0 Å². The molecule has 0 saturated heterocycles. The minimum Gasteiger partial charge on any atom is -0.409 e. The molecular weight excluding hydrogens is 214 g/mol. The number of halogens is 1. The summed E-state index contributed by atoms with van der Waals surface area (Å²) in [6.45, 7) is 0. The second kappa shape index (κ2) is 3.74. The summed E-state index contributed by atoms with van der Waals surface area (Å²) in [5.41, 5.74) is 6.72. The van der Waals surface area contributed by atoms with E-state index in [-0.39, 0.29) is 5.84 Å². The second-order valence-corrected chi connectivity index (χ2v) is 3.39. The molecule has 0 saturated carbocycles. The third-order valence-corrected chi connectivity index (χ3v) is 2.43. The summed E-state index contributed by atoms with van der Waals surface area (Å²) in [6, 6.07) is 6.98. The Balaban J connectivity index is 2.83. The van der Waals surface area contributed by atoms with Crippen molar-refractivity contribution in [1.82, 2.24) is 4.98 Å². The number of nitrogens with two attached hydrogens (primary N) is 1. The molecule has 0 aliphatic rings. The number of hydrogen-bond acceptors (Lipinski definition) is 3. The van der Waals surface area contributed by atoms with Crippen molar-refractivity contribution in [3.63, 3.8) is 0 Å². The van der Waals surface area contributed by atoms with Gasteiger partial charge in [-0.15, -0.1) is 0 Å². The predicted octanol–water partition coefficient (Wildman–Crippen LogP) is 1.98. The molecule has 0 bridgehead atoms. The van der Waals surface area contributed by atoms with Gasteiger partial charge in [-0.3, -0.25) is 4.98 Å². The van der Waals surface area contributed by atoms with Crippen molar-refractivity contribution in [2.75, 3.05) is 0 Å². The maximum absolute atomic E-state index is 8.62. The van der Waals surface area contributed by atoms with E-state index in [9.17, 15) is 0 Å². The smallest absolute Gasteiger partial charge is 0.172 e. The fourth-order valence-corrected chi connectivity index (χ4v) is 1.61. The van der Waals surface area contributed by atoms with Crippen molar-refractivity contribution in [2.24, 2.45) is 10.9 Å². The summed E-state index contributed by atoms with van der Waals surface area (Å²) in [5, 5.41) is 12.9. The van der Waals surface area contributed by atoms with Gasteiger partial charge in [0, 0.05) is 17.1 Å². The van der Waals surface area contributed by atoms with Gasteiger partial charge in [0.1, 0.15) is 0 Å². The average Bonchev–Trinajstić information content (AvgIpc) is 2.29.